The number of anilines is 2. The number of carbonyl (C=O) groups excluding carboxylic acids is 3. The average molecular weight is 547 g/mol. The lowest BCUT2D eigenvalue weighted by Gasteiger charge is -2.18. The quantitative estimate of drug-likeness (QED) is 0.358. The van der Waals surface area contributed by atoms with Gasteiger partial charge in [0.15, 0.2) is 6.61 Å². The molecule has 1 aliphatic rings. The van der Waals surface area contributed by atoms with E-state index in [1.807, 2.05) is 0 Å². The first kappa shape index (κ1) is 27.2. The predicted octanol–water partition coefficient (Wildman–Crippen LogP) is 5.95. The number of hydrogen-bond donors (Lipinski definition) is 2. The van der Waals surface area contributed by atoms with Crippen molar-refractivity contribution in [3.8, 4) is 5.75 Å². The summed E-state index contributed by atoms with van der Waals surface area (Å²) in [7, 11) is 1.30. The van der Waals surface area contributed by atoms with Crippen LogP contribution in [-0.4, -0.2) is 31.5 Å². The van der Waals surface area contributed by atoms with Crippen molar-refractivity contribution >= 4 is 39.8 Å². The highest BCUT2D eigenvalue weighted by Gasteiger charge is 2.31. The van der Waals surface area contributed by atoms with Gasteiger partial charge in [-0.1, -0.05) is 13.0 Å². The van der Waals surface area contributed by atoms with Gasteiger partial charge in [-0.15, -0.1) is 11.3 Å². The van der Waals surface area contributed by atoms with Crippen LogP contribution in [0.3, 0.4) is 0 Å². The van der Waals surface area contributed by atoms with Crippen molar-refractivity contribution in [2.45, 2.75) is 32.4 Å². The molecule has 0 saturated carbocycles. The Labute approximate surface area is 221 Å². The number of hydrogen-bond acceptors (Lipinski definition) is 6. The molecule has 0 aliphatic heterocycles. The molecule has 1 atom stereocenters. The number of nitrogens with one attached hydrogen (secondary N) is 2. The molecule has 1 heterocycles. The van der Waals surface area contributed by atoms with Crippen LogP contribution in [0.25, 0.3) is 0 Å². The van der Waals surface area contributed by atoms with E-state index in [2.05, 4.69) is 17.6 Å². The Morgan fingerprint density at radius 2 is 1.82 bits per heavy atom. The largest absolute Gasteiger partial charge is 0.484 e. The van der Waals surface area contributed by atoms with E-state index in [-0.39, 0.29) is 17.9 Å². The molecule has 1 aliphatic carbocycles. The summed E-state index contributed by atoms with van der Waals surface area (Å²) in [5, 5.41) is 5.62. The molecular weight excluding hydrogens is 521 g/mol. The first-order valence-corrected chi connectivity index (χ1v) is 12.6. The van der Waals surface area contributed by atoms with E-state index < -0.39 is 29.5 Å². The first-order valence-electron chi connectivity index (χ1n) is 11.8. The van der Waals surface area contributed by atoms with Gasteiger partial charge in [0.05, 0.1) is 18.2 Å². The van der Waals surface area contributed by atoms with Gasteiger partial charge >= 0.3 is 12.1 Å². The van der Waals surface area contributed by atoms with E-state index in [4.69, 9.17) is 9.47 Å². The maximum atomic E-state index is 12.9. The number of esters is 1. The van der Waals surface area contributed by atoms with Gasteiger partial charge in [0, 0.05) is 16.1 Å². The third-order valence-electron chi connectivity index (χ3n) is 6.09. The summed E-state index contributed by atoms with van der Waals surface area (Å²) in [5.74, 6) is -0.753. The minimum atomic E-state index is -4.52. The van der Waals surface area contributed by atoms with Crippen LogP contribution in [0.1, 0.15) is 50.1 Å². The lowest BCUT2D eigenvalue weighted by molar-refractivity contribution is -0.137. The van der Waals surface area contributed by atoms with Crippen LogP contribution < -0.4 is 15.4 Å². The first-order chi connectivity index (χ1) is 18.0. The summed E-state index contributed by atoms with van der Waals surface area (Å²) >= 11 is 1.37. The number of rotatable bonds is 7. The molecular formula is C27H25F3N2O5S. The van der Waals surface area contributed by atoms with Crippen molar-refractivity contribution in [3.63, 3.8) is 0 Å². The fraction of sp³-hybridized carbons (Fsp3) is 0.296. The Kier molecular flexibility index (Phi) is 8.05. The Hall–Kier alpha value is -3.86. The maximum Gasteiger partial charge on any atom is 0.416 e. The highest BCUT2D eigenvalue weighted by atomic mass is 32.1. The second kappa shape index (κ2) is 11.3. The molecule has 3 aromatic rings. The fourth-order valence-corrected chi connectivity index (χ4v) is 5.56. The van der Waals surface area contributed by atoms with Crippen molar-refractivity contribution in [2.24, 2.45) is 5.92 Å². The topological polar surface area (TPSA) is 93.7 Å². The Bertz CT molecular complexity index is 1350. The molecule has 0 bridgehead atoms. The van der Waals surface area contributed by atoms with Crippen LogP contribution in [-0.2, 0) is 28.5 Å². The molecule has 2 amide bonds. The summed E-state index contributed by atoms with van der Waals surface area (Å²) in [6.45, 7) is 1.81. The lowest BCUT2D eigenvalue weighted by atomic mass is 9.88. The van der Waals surface area contributed by atoms with Gasteiger partial charge in [0.2, 0.25) is 0 Å². The van der Waals surface area contributed by atoms with E-state index in [9.17, 15) is 27.6 Å². The highest BCUT2D eigenvalue weighted by Crippen LogP contribution is 2.40. The van der Waals surface area contributed by atoms with Crippen LogP contribution in [0.5, 0.6) is 5.75 Å². The van der Waals surface area contributed by atoms with E-state index in [1.165, 1.54) is 54.8 Å². The van der Waals surface area contributed by atoms with Crippen molar-refractivity contribution < 1.29 is 37.0 Å². The molecule has 38 heavy (non-hydrogen) atoms. The minimum Gasteiger partial charge on any atom is -0.484 e. The second-order valence-electron chi connectivity index (χ2n) is 8.94. The van der Waals surface area contributed by atoms with Crippen molar-refractivity contribution in [3.05, 3.63) is 75.7 Å². The van der Waals surface area contributed by atoms with Gasteiger partial charge < -0.3 is 20.1 Å². The Morgan fingerprint density at radius 1 is 1.08 bits per heavy atom. The van der Waals surface area contributed by atoms with Gasteiger partial charge in [0.1, 0.15) is 10.8 Å². The summed E-state index contributed by atoms with van der Waals surface area (Å²) in [6.07, 6.45) is -1.98. The molecule has 0 saturated heterocycles. The van der Waals surface area contributed by atoms with E-state index in [0.29, 0.717) is 22.2 Å². The molecule has 11 heteroatoms. The molecule has 0 radical (unpaired) electrons. The SMILES string of the molecule is COC(=O)c1c(NC(=O)COc2ccc(C(=O)Nc3cccc(C(F)(F)F)c3)cc2)sc2c1CCC(C)C2. The van der Waals surface area contributed by atoms with Gasteiger partial charge in [-0.2, -0.15) is 13.2 Å². The molecule has 1 unspecified atom stereocenters. The van der Waals surface area contributed by atoms with Crippen LogP contribution in [0.2, 0.25) is 0 Å². The summed E-state index contributed by atoms with van der Waals surface area (Å²) in [5.41, 5.74) is 0.658. The monoisotopic (exact) mass is 546 g/mol. The van der Waals surface area contributed by atoms with Crippen LogP contribution in [0.15, 0.2) is 48.5 Å². The van der Waals surface area contributed by atoms with E-state index >= 15 is 0 Å². The molecule has 0 spiro atoms. The maximum absolute atomic E-state index is 12.9. The van der Waals surface area contributed by atoms with Crippen LogP contribution in [0, 0.1) is 5.92 Å². The number of carbonyl (C=O) groups is 3. The van der Waals surface area contributed by atoms with Gasteiger partial charge in [0.25, 0.3) is 11.8 Å². The number of benzene rings is 2. The number of halogens is 3. The molecule has 2 N–H and O–H groups in total. The number of ether oxygens (including phenoxy) is 2. The predicted molar refractivity (Wildman–Crippen MR) is 137 cm³/mol. The van der Waals surface area contributed by atoms with Gasteiger partial charge in [-0.05, 0) is 73.2 Å². The van der Waals surface area contributed by atoms with Crippen LogP contribution >= 0.6 is 11.3 Å². The lowest BCUT2D eigenvalue weighted by Crippen LogP contribution is -2.21. The molecule has 200 valence electrons. The van der Waals surface area contributed by atoms with Gasteiger partial charge in [-0.25, -0.2) is 4.79 Å². The molecule has 0 fully saturated rings. The third kappa shape index (κ3) is 6.34. The van der Waals surface area contributed by atoms with Crippen molar-refractivity contribution in [1.29, 1.82) is 0 Å². The fourth-order valence-electron chi connectivity index (χ4n) is 4.15. The molecule has 1 aromatic heterocycles. The summed E-state index contributed by atoms with van der Waals surface area (Å²) < 4.78 is 49.1. The van der Waals surface area contributed by atoms with Crippen LogP contribution in [0.4, 0.5) is 23.9 Å². The zero-order chi connectivity index (χ0) is 27.4. The molecule has 4 rings (SSSR count). The summed E-state index contributed by atoms with van der Waals surface area (Å²) in [6, 6.07) is 10.1. The van der Waals surface area contributed by atoms with Crippen molar-refractivity contribution in [2.75, 3.05) is 24.4 Å². The number of thiophene rings is 1. The normalized spacial score (nSPS) is 14.8. The number of alkyl halides is 3. The second-order valence-corrected chi connectivity index (χ2v) is 10.0. The van der Waals surface area contributed by atoms with E-state index in [0.717, 1.165) is 41.8 Å². The summed E-state index contributed by atoms with van der Waals surface area (Å²) in [4.78, 5) is 38.5. The van der Waals surface area contributed by atoms with Gasteiger partial charge in [-0.3, -0.25) is 9.59 Å². The van der Waals surface area contributed by atoms with Crippen molar-refractivity contribution in [1.82, 2.24) is 0 Å². The third-order valence-corrected chi connectivity index (χ3v) is 7.26. The Morgan fingerprint density at radius 3 is 2.50 bits per heavy atom. The Balaban J connectivity index is 1.36. The highest BCUT2D eigenvalue weighted by molar-refractivity contribution is 7.17. The molecule has 2 aromatic carbocycles. The average Bonchev–Trinajstić information content (AvgIpc) is 3.23. The zero-order valence-corrected chi connectivity index (χ0v) is 21.4. The zero-order valence-electron chi connectivity index (χ0n) is 20.6. The number of fused-ring (bicyclic) bond motifs is 1. The molecule has 7 nitrogen and oxygen atoms in total. The standard InChI is InChI=1S/C27H25F3N2O5S/c1-15-6-11-20-21(12-15)38-25(23(20)26(35)36-2)32-22(33)14-37-19-9-7-16(8-10-19)24(34)31-18-5-3-4-17(13-18)27(28,29)30/h3-5,7-10,13,15H,6,11-12,14H2,1-2H3,(H,31,34)(H,32,33). The number of methoxy groups -OCH3 is 1. The number of amides is 2. The minimum absolute atomic E-state index is 0.0119. The van der Waals surface area contributed by atoms with E-state index in [1.54, 1.807) is 0 Å². The smallest absolute Gasteiger partial charge is 0.416 e.